The van der Waals surface area contributed by atoms with Gasteiger partial charge in [0.05, 0.1) is 18.5 Å². The zero-order valence-electron chi connectivity index (χ0n) is 15.8. The molecule has 0 aliphatic heterocycles. The Morgan fingerprint density at radius 2 is 1.93 bits per heavy atom. The molecule has 0 bridgehead atoms. The largest absolute Gasteiger partial charge is 0.497 e. The van der Waals surface area contributed by atoms with E-state index in [1.807, 2.05) is 51.1 Å². The molecule has 7 nitrogen and oxygen atoms in total. The van der Waals surface area contributed by atoms with Crippen LogP contribution in [0.2, 0.25) is 0 Å². The molecule has 27 heavy (non-hydrogen) atoms. The third kappa shape index (κ3) is 3.97. The average molecular weight is 366 g/mol. The number of benzene rings is 2. The fraction of sp³-hybridized carbons (Fsp3) is 0.300. The van der Waals surface area contributed by atoms with E-state index in [4.69, 9.17) is 4.74 Å². The second-order valence-corrected chi connectivity index (χ2v) is 6.59. The Hall–Kier alpha value is -3.22. The summed E-state index contributed by atoms with van der Waals surface area (Å²) >= 11 is 0. The van der Waals surface area contributed by atoms with Gasteiger partial charge in [-0.05, 0) is 55.7 Å². The summed E-state index contributed by atoms with van der Waals surface area (Å²) in [5.41, 5.74) is 3.04. The summed E-state index contributed by atoms with van der Waals surface area (Å²) in [5.74, 6) is 0.444. The Balaban J connectivity index is 1.77. The van der Waals surface area contributed by atoms with Crippen LogP contribution >= 0.6 is 0 Å². The average Bonchev–Trinajstić information content (AvgIpc) is 2.64. The number of rotatable bonds is 5. The Labute approximate surface area is 157 Å². The number of hydrogen-bond donors (Lipinski definition) is 1. The number of nitrogens with zero attached hydrogens (tertiary/aromatic N) is 3. The molecule has 1 amide bonds. The summed E-state index contributed by atoms with van der Waals surface area (Å²) in [5, 5.41) is 11.4. The van der Waals surface area contributed by atoms with Crippen molar-refractivity contribution in [2.75, 3.05) is 7.11 Å². The molecular weight excluding hydrogens is 344 g/mol. The van der Waals surface area contributed by atoms with Gasteiger partial charge in [0.15, 0.2) is 0 Å². The minimum atomic E-state index is -0.320. The molecule has 7 heteroatoms. The fourth-order valence-electron chi connectivity index (χ4n) is 3.04. The van der Waals surface area contributed by atoms with Crippen LogP contribution < -0.4 is 15.6 Å². The molecule has 1 atom stereocenters. The van der Waals surface area contributed by atoms with E-state index in [-0.39, 0.29) is 24.1 Å². The molecule has 2 aromatic carbocycles. The molecule has 140 valence electrons. The van der Waals surface area contributed by atoms with Gasteiger partial charge in [-0.2, -0.15) is 0 Å². The summed E-state index contributed by atoms with van der Waals surface area (Å²) < 4.78 is 6.23. The highest BCUT2D eigenvalue weighted by Crippen LogP contribution is 2.17. The first-order valence-electron chi connectivity index (χ1n) is 8.67. The molecule has 1 heterocycles. The van der Waals surface area contributed by atoms with Gasteiger partial charge in [0.2, 0.25) is 5.91 Å². The van der Waals surface area contributed by atoms with Gasteiger partial charge in [0.1, 0.15) is 17.8 Å². The van der Waals surface area contributed by atoms with Crippen LogP contribution in [0.25, 0.3) is 10.9 Å². The van der Waals surface area contributed by atoms with Gasteiger partial charge in [-0.3, -0.25) is 9.59 Å². The Morgan fingerprint density at radius 1 is 1.22 bits per heavy atom. The zero-order valence-corrected chi connectivity index (χ0v) is 15.8. The maximum absolute atomic E-state index is 12.7. The normalized spacial score (nSPS) is 12.0. The number of ether oxygens (including phenoxy) is 1. The summed E-state index contributed by atoms with van der Waals surface area (Å²) in [4.78, 5) is 25.0. The van der Waals surface area contributed by atoms with Crippen LogP contribution in [0.4, 0.5) is 0 Å². The van der Waals surface area contributed by atoms with Gasteiger partial charge in [-0.25, -0.2) is 4.68 Å². The van der Waals surface area contributed by atoms with Crippen molar-refractivity contribution in [1.29, 1.82) is 0 Å². The van der Waals surface area contributed by atoms with E-state index in [1.54, 1.807) is 13.2 Å². The molecule has 1 N–H and O–H groups in total. The molecule has 3 rings (SSSR count). The van der Waals surface area contributed by atoms with E-state index < -0.39 is 0 Å². The summed E-state index contributed by atoms with van der Waals surface area (Å²) in [6.45, 7) is 5.49. The first-order valence-corrected chi connectivity index (χ1v) is 8.67. The van der Waals surface area contributed by atoms with Crippen LogP contribution in [0, 0.1) is 13.8 Å². The Morgan fingerprint density at radius 3 is 2.59 bits per heavy atom. The van der Waals surface area contributed by atoms with Crippen molar-refractivity contribution in [1.82, 2.24) is 20.3 Å². The number of amides is 1. The van der Waals surface area contributed by atoms with E-state index in [1.165, 1.54) is 0 Å². The topological polar surface area (TPSA) is 86.1 Å². The number of aromatic nitrogens is 3. The number of carbonyl (C=O) groups is 1. The molecule has 3 aromatic rings. The van der Waals surface area contributed by atoms with E-state index in [0.717, 1.165) is 27.1 Å². The molecule has 1 aromatic heterocycles. The summed E-state index contributed by atoms with van der Waals surface area (Å²) in [6, 6.07) is 11.0. The molecular formula is C20H22N4O3. The quantitative estimate of drug-likeness (QED) is 0.749. The lowest BCUT2D eigenvalue weighted by Crippen LogP contribution is -2.35. The standard InChI is InChI=1S/C20H22N4O3/c1-12-9-13(2)19-17(10-12)20(26)24(23-22-19)11-18(25)21-14(3)15-5-7-16(27-4)8-6-15/h5-10,14H,11H2,1-4H3,(H,21,25). The lowest BCUT2D eigenvalue weighted by molar-refractivity contribution is -0.122. The second-order valence-electron chi connectivity index (χ2n) is 6.59. The molecule has 0 radical (unpaired) electrons. The SMILES string of the molecule is COc1ccc(C(C)NC(=O)Cn2nnc3c(C)cc(C)cc3c2=O)cc1. The number of aryl methyl sites for hydroxylation is 2. The van der Waals surface area contributed by atoms with Crippen LogP contribution in [0.1, 0.15) is 29.7 Å². The van der Waals surface area contributed by atoms with Crippen LogP contribution in [0.3, 0.4) is 0 Å². The predicted molar refractivity (Wildman–Crippen MR) is 103 cm³/mol. The van der Waals surface area contributed by atoms with Gasteiger partial charge in [0, 0.05) is 0 Å². The number of fused-ring (bicyclic) bond motifs is 1. The van der Waals surface area contributed by atoms with Crippen molar-refractivity contribution in [3.05, 3.63) is 63.4 Å². The van der Waals surface area contributed by atoms with E-state index >= 15 is 0 Å². The summed E-state index contributed by atoms with van der Waals surface area (Å²) in [7, 11) is 1.60. The van der Waals surface area contributed by atoms with Crippen LogP contribution in [0.5, 0.6) is 5.75 Å². The number of nitrogens with one attached hydrogen (secondary N) is 1. The molecule has 0 spiro atoms. The van der Waals surface area contributed by atoms with Gasteiger partial charge in [-0.15, -0.1) is 5.10 Å². The minimum absolute atomic E-state index is 0.185. The lowest BCUT2D eigenvalue weighted by atomic mass is 10.1. The van der Waals surface area contributed by atoms with Crippen LogP contribution in [-0.4, -0.2) is 28.0 Å². The zero-order chi connectivity index (χ0) is 19.6. The fourth-order valence-corrected chi connectivity index (χ4v) is 3.04. The third-order valence-corrected chi connectivity index (χ3v) is 4.45. The van der Waals surface area contributed by atoms with E-state index in [2.05, 4.69) is 15.6 Å². The van der Waals surface area contributed by atoms with Crippen molar-refractivity contribution in [2.24, 2.45) is 0 Å². The number of carbonyl (C=O) groups excluding carboxylic acids is 1. The highest BCUT2D eigenvalue weighted by Gasteiger charge is 2.14. The number of methoxy groups -OCH3 is 1. The number of hydrogen-bond acceptors (Lipinski definition) is 5. The summed E-state index contributed by atoms with van der Waals surface area (Å²) in [6.07, 6.45) is 0. The van der Waals surface area contributed by atoms with Crippen LogP contribution in [-0.2, 0) is 11.3 Å². The Kier molecular flexibility index (Phi) is 5.21. The highest BCUT2D eigenvalue weighted by atomic mass is 16.5. The van der Waals surface area contributed by atoms with E-state index in [0.29, 0.717) is 10.9 Å². The van der Waals surface area contributed by atoms with Crippen molar-refractivity contribution >= 4 is 16.8 Å². The van der Waals surface area contributed by atoms with Crippen molar-refractivity contribution < 1.29 is 9.53 Å². The maximum Gasteiger partial charge on any atom is 0.278 e. The lowest BCUT2D eigenvalue weighted by Gasteiger charge is -2.15. The Bertz CT molecular complexity index is 1040. The van der Waals surface area contributed by atoms with Gasteiger partial charge >= 0.3 is 0 Å². The maximum atomic E-state index is 12.7. The molecule has 0 fully saturated rings. The van der Waals surface area contributed by atoms with E-state index in [9.17, 15) is 9.59 Å². The van der Waals surface area contributed by atoms with Gasteiger partial charge in [-0.1, -0.05) is 23.4 Å². The van der Waals surface area contributed by atoms with Gasteiger partial charge in [0.25, 0.3) is 5.56 Å². The molecule has 0 aliphatic carbocycles. The molecule has 0 aliphatic rings. The molecule has 0 saturated heterocycles. The predicted octanol–water partition coefficient (Wildman–Crippen LogP) is 2.29. The third-order valence-electron chi connectivity index (χ3n) is 4.45. The van der Waals surface area contributed by atoms with Crippen molar-refractivity contribution in [3.8, 4) is 5.75 Å². The minimum Gasteiger partial charge on any atom is -0.497 e. The smallest absolute Gasteiger partial charge is 0.278 e. The highest BCUT2D eigenvalue weighted by molar-refractivity contribution is 5.81. The monoisotopic (exact) mass is 366 g/mol. The first kappa shape index (κ1) is 18.6. The second kappa shape index (κ2) is 7.57. The van der Waals surface area contributed by atoms with Crippen molar-refractivity contribution in [2.45, 2.75) is 33.4 Å². The molecule has 1 unspecified atom stereocenters. The van der Waals surface area contributed by atoms with Gasteiger partial charge < -0.3 is 10.1 Å². The first-order chi connectivity index (χ1) is 12.9. The molecule has 0 saturated carbocycles. The van der Waals surface area contributed by atoms with Crippen LogP contribution in [0.15, 0.2) is 41.2 Å². The van der Waals surface area contributed by atoms with Crippen molar-refractivity contribution in [3.63, 3.8) is 0 Å².